The number of hydrogen-bond acceptors (Lipinski definition) is 4. The molecule has 0 atom stereocenters. The van der Waals surface area contributed by atoms with Gasteiger partial charge in [0.05, 0.1) is 5.69 Å². The molecule has 0 unspecified atom stereocenters. The maximum Gasteiger partial charge on any atom is 0.186 e. The molecule has 4 nitrogen and oxygen atoms in total. The number of nitrogens with zero attached hydrogens (tertiary/aromatic N) is 3. The number of hydrogen-bond donors (Lipinski definition) is 1. The van der Waals surface area contributed by atoms with Crippen LogP contribution in [0.25, 0.3) is 0 Å². The van der Waals surface area contributed by atoms with Crippen LogP contribution >= 0.6 is 0 Å². The first-order chi connectivity index (χ1) is 8.62. The van der Waals surface area contributed by atoms with Gasteiger partial charge in [-0.2, -0.15) is 0 Å². The average Bonchev–Trinajstić information content (AvgIpc) is 2.36. The lowest BCUT2D eigenvalue weighted by Crippen LogP contribution is -2.26. The van der Waals surface area contributed by atoms with Crippen molar-refractivity contribution in [3.05, 3.63) is 17.3 Å². The maximum absolute atomic E-state index is 13.7. The zero-order valence-corrected chi connectivity index (χ0v) is 11.8. The summed E-state index contributed by atoms with van der Waals surface area (Å²) in [4.78, 5) is 10.7. The standard InChI is InChI=1S/C13H23FN4/c1-5-15-13-12(14)10(4)16-11(17-13)8-9-18(6-2)7-3/h5-9H2,1-4H3,(H,15,16,17). The second-order valence-corrected chi connectivity index (χ2v) is 4.20. The second kappa shape index (κ2) is 7.26. The first-order valence-electron chi connectivity index (χ1n) is 6.61. The predicted molar refractivity (Wildman–Crippen MR) is 72.4 cm³/mol. The van der Waals surface area contributed by atoms with Gasteiger partial charge in [0, 0.05) is 19.5 Å². The molecule has 0 amide bonds. The molecule has 0 radical (unpaired) electrons. The highest BCUT2D eigenvalue weighted by atomic mass is 19.1. The Morgan fingerprint density at radius 3 is 2.39 bits per heavy atom. The summed E-state index contributed by atoms with van der Waals surface area (Å²) >= 11 is 0. The van der Waals surface area contributed by atoms with Crippen molar-refractivity contribution in [1.82, 2.24) is 14.9 Å². The predicted octanol–water partition coefficient (Wildman–Crippen LogP) is 2.24. The van der Waals surface area contributed by atoms with Gasteiger partial charge in [0.2, 0.25) is 0 Å². The fourth-order valence-corrected chi connectivity index (χ4v) is 1.81. The van der Waals surface area contributed by atoms with Crippen LogP contribution in [0.3, 0.4) is 0 Å². The number of halogens is 1. The lowest BCUT2D eigenvalue weighted by atomic mass is 10.3. The highest BCUT2D eigenvalue weighted by Crippen LogP contribution is 2.14. The van der Waals surface area contributed by atoms with Crippen molar-refractivity contribution >= 4 is 5.82 Å². The van der Waals surface area contributed by atoms with Gasteiger partial charge in [0.15, 0.2) is 11.6 Å². The minimum atomic E-state index is -0.344. The van der Waals surface area contributed by atoms with Gasteiger partial charge in [-0.1, -0.05) is 13.8 Å². The minimum Gasteiger partial charge on any atom is -0.368 e. The fraction of sp³-hybridized carbons (Fsp3) is 0.692. The van der Waals surface area contributed by atoms with Crippen LogP contribution in [0.1, 0.15) is 32.3 Å². The molecule has 5 heteroatoms. The Morgan fingerprint density at radius 1 is 1.17 bits per heavy atom. The average molecular weight is 254 g/mol. The molecule has 0 spiro atoms. The number of aryl methyl sites for hydroxylation is 1. The smallest absolute Gasteiger partial charge is 0.186 e. The van der Waals surface area contributed by atoms with Crippen molar-refractivity contribution in [3.8, 4) is 0 Å². The van der Waals surface area contributed by atoms with Gasteiger partial charge >= 0.3 is 0 Å². The van der Waals surface area contributed by atoms with E-state index < -0.39 is 0 Å². The molecule has 1 N–H and O–H groups in total. The van der Waals surface area contributed by atoms with E-state index in [4.69, 9.17) is 0 Å². The van der Waals surface area contributed by atoms with Crippen molar-refractivity contribution in [2.75, 3.05) is 31.5 Å². The monoisotopic (exact) mass is 254 g/mol. The Morgan fingerprint density at radius 2 is 1.83 bits per heavy atom. The van der Waals surface area contributed by atoms with Crippen LogP contribution in [0.5, 0.6) is 0 Å². The Bertz CT molecular complexity index is 377. The highest BCUT2D eigenvalue weighted by molar-refractivity contribution is 5.37. The van der Waals surface area contributed by atoms with Gasteiger partial charge in [-0.3, -0.25) is 0 Å². The summed E-state index contributed by atoms with van der Waals surface area (Å²) in [5.41, 5.74) is 0.412. The summed E-state index contributed by atoms with van der Waals surface area (Å²) in [7, 11) is 0. The molecule has 1 heterocycles. The molecule has 1 rings (SSSR count). The topological polar surface area (TPSA) is 41.1 Å². The van der Waals surface area contributed by atoms with Crippen LogP contribution in [0, 0.1) is 12.7 Å². The molecule has 0 aliphatic carbocycles. The van der Waals surface area contributed by atoms with E-state index in [1.54, 1.807) is 6.92 Å². The third-order valence-electron chi connectivity index (χ3n) is 2.95. The number of anilines is 1. The van der Waals surface area contributed by atoms with Crippen molar-refractivity contribution < 1.29 is 4.39 Å². The Balaban J connectivity index is 2.77. The van der Waals surface area contributed by atoms with Crippen LogP contribution in [-0.2, 0) is 6.42 Å². The molecule has 0 fully saturated rings. The number of aromatic nitrogens is 2. The summed E-state index contributed by atoms with van der Waals surface area (Å²) in [6, 6.07) is 0. The van der Waals surface area contributed by atoms with E-state index in [0.29, 0.717) is 23.9 Å². The zero-order valence-electron chi connectivity index (χ0n) is 11.8. The van der Waals surface area contributed by atoms with Crippen LogP contribution in [-0.4, -0.2) is 41.0 Å². The molecule has 0 aliphatic rings. The molecule has 1 aromatic heterocycles. The SMILES string of the molecule is CCNc1nc(CCN(CC)CC)nc(C)c1F. The molecule has 0 aromatic carbocycles. The molecule has 0 saturated heterocycles. The summed E-state index contributed by atoms with van der Waals surface area (Å²) in [5.74, 6) is 0.680. The fourth-order valence-electron chi connectivity index (χ4n) is 1.81. The summed E-state index contributed by atoms with van der Waals surface area (Å²) < 4.78 is 13.7. The molecule has 0 bridgehead atoms. The van der Waals surface area contributed by atoms with Gasteiger partial charge in [0.25, 0.3) is 0 Å². The van der Waals surface area contributed by atoms with Crippen LogP contribution < -0.4 is 5.32 Å². The Hall–Kier alpha value is -1.23. The Kier molecular flexibility index (Phi) is 5.98. The van der Waals surface area contributed by atoms with Crippen LogP contribution in [0.4, 0.5) is 10.2 Å². The van der Waals surface area contributed by atoms with Gasteiger partial charge in [-0.15, -0.1) is 0 Å². The summed E-state index contributed by atoms with van der Waals surface area (Å²) in [5, 5.41) is 2.93. The lowest BCUT2D eigenvalue weighted by molar-refractivity contribution is 0.305. The first kappa shape index (κ1) is 14.8. The second-order valence-electron chi connectivity index (χ2n) is 4.20. The third kappa shape index (κ3) is 3.91. The molecule has 0 aliphatic heterocycles. The van der Waals surface area contributed by atoms with Crippen LogP contribution in [0.2, 0.25) is 0 Å². The van der Waals surface area contributed by atoms with E-state index in [2.05, 4.69) is 34.0 Å². The zero-order chi connectivity index (χ0) is 13.5. The van der Waals surface area contributed by atoms with E-state index in [0.717, 1.165) is 26.1 Å². The van der Waals surface area contributed by atoms with E-state index in [1.807, 2.05) is 6.92 Å². The largest absolute Gasteiger partial charge is 0.368 e. The normalized spacial score (nSPS) is 11.0. The molecular formula is C13H23FN4. The van der Waals surface area contributed by atoms with Gasteiger partial charge in [-0.05, 0) is 26.9 Å². The van der Waals surface area contributed by atoms with Gasteiger partial charge in [-0.25, -0.2) is 14.4 Å². The number of nitrogens with one attached hydrogen (secondary N) is 1. The highest BCUT2D eigenvalue weighted by Gasteiger charge is 2.11. The van der Waals surface area contributed by atoms with E-state index in [1.165, 1.54) is 0 Å². The van der Waals surface area contributed by atoms with Crippen molar-refractivity contribution in [2.45, 2.75) is 34.1 Å². The minimum absolute atomic E-state index is 0.319. The number of rotatable bonds is 7. The molecule has 0 saturated carbocycles. The van der Waals surface area contributed by atoms with E-state index in [-0.39, 0.29) is 5.82 Å². The van der Waals surface area contributed by atoms with Crippen LogP contribution in [0.15, 0.2) is 0 Å². The summed E-state index contributed by atoms with van der Waals surface area (Å²) in [6.45, 7) is 11.4. The molecule has 102 valence electrons. The third-order valence-corrected chi connectivity index (χ3v) is 2.95. The summed E-state index contributed by atoms with van der Waals surface area (Å²) in [6.07, 6.45) is 0.751. The Labute approximate surface area is 109 Å². The van der Waals surface area contributed by atoms with Gasteiger partial charge < -0.3 is 10.2 Å². The van der Waals surface area contributed by atoms with E-state index >= 15 is 0 Å². The molecule has 18 heavy (non-hydrogen) atoms. The van der Waals surface area contributed by atoms with E-state index in [9.17, 15) is 4.39 Å². The lowest BCUT2D eigenvalue weighted by Gasteiger charge is -2.17. The van der Waals surface area contributed by atoms with Crippen molar-refractivity contribution in [3.63, 3.8) is 0 Å². The molecular weight excluding hydrogens is 231 g/mol. The first-order valence-corrected chi connectivity index (χ1v) is 6.61. The van der Waals surface area contributed by atoms with Crippen molar-refractivity contribution in [1.29, 1.82) is 0 Å². The van der Waals surface area contributed by atoms with Gasteiger partial charge in [0.1, 0.15) is 5.82 Å². The maximum atomic E-state index is 13.7. The quantitative estimate of drug-likeness (QED) is 0.810. The molecule has 1 aromatic rings. The van der Waals surface area contributed by atoms with Crippen molar-refractivity contribution in [2.24, 2.45) is 0 Å². The number of likely N-dealkylation sites (N-methyl/N-ethyl adjacent to an activating group) is 1.